The first-order valence-corrected chi connectivity index (χ1v) is 11.0. The molecule has 1 aromatic carbocycles. The van der Waals surface area contributed by atoms with E-state index in [2.05, 4.69) is 17.6 Å². The predicted octanol–water partition coefficient (Wildman–Crippen LogP) is 3.49. The zero-order valence-electron chi connectivity index (χ0n) is 16.4. The largest absolute Gasteiger partial charge is 0.348 e. The Kier molecular flexibility index (Phi) is 5.41. The summed E-state index contributed by atoms with van der Waals surface area (Å²) in [6.07, 6.45) is 4.04. The fourth-order valence-electron chi connectivity index (χ4n) is 4.36. The van der Waals surface area contributed by atoms with Crippen molar-refractivity contribution in [3.8, 4) is 0 Å². The average Bonchev–Trinajstić information content (AvgIpc) is 3.29. The normalized spacial score (nSPS) is 21.8. The van der Waals surface area contributed by atoms with Crippen LogP contribution >= 0.6 is 11.3 Å². The molecule has 0 saturated carbocycles. The van der Waals surface area contributed by atoms with Crippen molar-refractivity contribution < 1.29 is 14.4 Å². The van der Waals surface area contributed by atoms with Gasteiger partial charge in [0.15, 0.2) is 0 Å². The number of carbonyl (C=O) groups excluding carboxylic acids is 3. The SMILES string of the molecule is CCC[C@@H](NC(=O)CN1C(=O)N[C@]2(CCCc3sccc32)C1=O)c1ccccc1. The van der Waals surface area contributed by atoms with Gasteiger partial charge in [-0.2, -0.15) is 0 Å². The first-order valence-electron chi connectivity index (χ1n) is 10.1. The lowest BCUT2D eigenvalue weighted by Crippen LogP contribution is -2.47. The summed E-state index contributed by atoms with van der Waals surface area (Å²) in [6.45, 7) is 1.80. The van der Waals surface area contributed by atoms with Crippen LogP contribution in [0, 0.1) is 0 Å². The van der Waals surface area contributed by atoms with Crippen LogP contribution in [-0.4, -0.2) is 29.3 Å². The van der Waals surface area contributed by atoms with Gasteiger partial charge in [-0.1, -0.05) is 43.7 Å². The zero-order chi connectivity index (χ0) is 20.4. The quantitative estimate of drug-likeness (QED) is 0.714. The summed E-state index contributed by atoms with van der Waals surface area (Å²) in [5.74, 6) is -0.641. The molecule has 2 heterocycles. The van der Waals surface area contributed by atoms with E-state index < -0.39 is 11.6 Å². The zero-order valence-corrected chi connectivity index (χ0v) is 17.3. The molecular formula is C22H25N3O3S. The number of carbonyl (C=O) groups is 3. The summed E-state index contributed by atoms with van der Waals surface area (Å²) in [4.78, 5) is 40.8. The van der Waals surface area contributed by atoms with Crippen molar-refractivity contribution in [2.75, 3.05) is 6.54 Å². The number of thiophene rings is 1. The van der Waals surface area contributed by atoms with Crippen LogP contribution in [0.3, 0.4) is 0 Å². The average molecular weight is 412 g/mol. The molecule has 2 aliphatic rings. The standard InChI is InChI=1S/C22H25N3O3S/c1-2-7-17(15-8-4-3-5-9-15)23-19(26)14-25-20(27)22(24-21(25)28)12-6-10-18-16(22)11-13-29-18/h3-5,8-9,11,13,17H,2,6-7,10,12,14H2,1H3,(H,23,26)(H,24,28)/t17-,22+/m1/s1. The number of hydrogen-bond acceptors (Lipinski definition) is 4. The van der Waals surface area contributed by atoms with Gasteiger partial charge in [-0.25, -0.2) is 4.79 Å². The highest BCUT2D eigenvalue weighted by Gasteiger charge is 2.54. The Morgan fingerprint density at radius 2 is 2.07 bits per heavy atom. The summed E-state index contributed by atoms with van der Waals surface area (Å²) in [5, 5.41) is 7.85. The molecule has 2 aromatic rings. The van der Waals surface area contributed by atoms with Crippen LogP contribution in [0.4, 0.5) is 4.79 Å². The highest BCUT2D eigenvalue weighted by molar-refractivity contribution is 7.10. The van der Waals surface area contributed by atoms with Gasteiger partial charge in [-0.05, 0) is 42.7 Å². The third-order valence-corrected chi connectivity index (χ3v) is 6.73. The van der Waals surface area contributed by atoms with Gasteiger partial charge in [0.25, 0.3) is 5.91 Å². The van der Waals surface area contributed by atoms with E-state index in [1.807, 2.05) is 41.8 Å². The minimum absolute atomic E-state index is 0.137. The minimum Gasteiger partial charge on any atom is -0.348 e. The molecule has 29 heavy (non-hydrogen) atoms. The van der Waals surface area contributed by atoms with E-state index in [-0.39, 0.29) is 24.4 Å². The summed E-state index contributed by atoms with van der Waals surface area (Å²) >= 11 is 1.61. The fraction of sp³-hybridized carbons (Fsp3) is 0.409. The van der Waals surface area contributed by atoms with Crippen molar-refractivity contribution in [2.45, 2.75) is 50.6 Å². The second-order valence-electron chi connectivity index (χ2n) is 7.66. The number of nitrogens with one attached hydrogen (secondary N) is 2. The number of imide groups is 1. The van der Waals surface area contributed by atoms with Crippen LogP contribution in [0.1, 0.15) is 54.7 Å². The minimum atomic E-state index is -1.01. The van der Waals surface area contributed by atoms with Gasteiger partial charge in [-0.3, -0.25) is 14.5 Å². The van der Waals surface area contributed by atoms with Crippen LogP contribution in [0.5, 0.6) is 0 Å². The van der Waals surface area contributed by atoms with E-state index in [4.69, 9.17) is 0 Å². The number of fused-ring (bicyclic) bond motifs is 2. The Labute approximate surface area is 174 Å². The lowest BCUT2D eigenvalue weighted by atomic mass is 9.80. The van der Waals surface area contributed by atoms with Crippen LogP contribution in [-0.2, 0) is 21.5 Å². The maximum atomic E-state index is 13.2. The Bertz CT molecular complexity index is 926. The third-order valence-electron chi connectivity index (χ3n) is 5.75. The van der Waals surface area contributed by atoms with Gasteiger partial charge < -0.3 is 10.6 Å². The number of rotatable bonds is 6. The highest BCUT2D eigenvalue weighted by atomic mass is 32.1. The van der Waals surface area contributed by atoms with Gasteiger partial charge in [0.1, 0.15) is 12.1 Å². The highest BCUT2D eigenvalue weighted by Crippen LogP contribution is 2.42. The first-order chi connectivity index (χ1) is 14.0. The molecule has 7 heteroatoms. The number of amides is 4. The summed E-state index contributed by atoms with van der Waals surface area (Å²) in [6, 6.07) is 11.1. The molecule has 1 aliphatic carbocycles. The van der Waals surface area contributed by atoms with E-state index in [1.165, 1.54) is 0 Å². The van der Waals surface area contributed by atoms with Gasteiger partial charge in [0.05, 0.1) is 6.04 Å². The molecule has 1 spiro atoms. The number of benzene rings is 1. The lowest BCUT2D eigenvalue weighted by molar-refractivity contribution is -0.135. The van der Waals surface area contributed by atoms with Gasteiger partial charge in [0.2, 0.25) is 5.91 Å². The molecule has 6 nitrogen and oxygen atoms in total. The summed E-state index contributed by atoms with van der Waals surface area (Å²) < 4.78 is 0. The van der Waals surface area contributed by atoms with E-state index in [0.717, 1.165) is 46.6 Å². The number of urea groups is 1. The Balaban J connectivity index is 1.49. The second kappa shape index (κ2) is 7.99. The van der Waals surface area contributed by atoms with Crippen LogP contribution in [0.2, 0.25) is 0 Å². The van der Waals surface area contributed by atoms with Crippen molar-refractivity contribution in [2.24, 2.45) is 0 Å². The monoisotopic (exact) mass is 411 g/mol. The van der Waals surface area contributed by atoms with E-state index in [1.54, 1.807) is 11.3 Å². The van der Waals surface area contributed by atoms with Gasteiger partial charge in [0, 0.05) is 10.4 Å². The first kappa shape index (κ1) is 19.6. The third kappa shape index (κ3) is 3.55. The molecule has 1 fully saturated rings. The number of nitrogens with zero attached hydrogens (tertiary/aromatic N) is 1. The maximum Gasteiger partial charge on any atom is 0.325 e. The molecule has 0 radical (unpaired) electrons. The lowest BCUT2D eigenvalue weighted by Gasteiger charge is -2.31. The van der Waals surface area contributed by atoms with Crippen molar-refractivity contribution in [1.29, 1.82) is 0 Å². The molecule has 4 rings (SSSR count). The van der Waals surface area contributed by atoms with E-state index in [9.17, 15) is 14.4 Å². The smallest absolute Gasteiger partial charge is 0.325 e. The second-order valence-corrected chi connectivity index (χ2v) is 8.66. The summed E-state index contributed by atoms with van der Waals surface area (Å²) in [7, 11) is 0. The predicted molar refractivity (Wildman–Crippen MR) is 111 cm³/mol. The molecule has 2 N–H and O–H groups in total. The fourth-order valence-corrected chi connectivity index (χ4v) is 5.36. The molecule has 4 amide bonds. The van der Waals surface area contributed by atoms with Crippen molar-refractivity contribution in [1.82, 2.24) is 15.5 Å². The molecule has 0 unspecified atom stereocenters. The molecule has 152 valence electrons. The van der Waals surface area contributed by atoms with Crippen molar-refractivity contribution in [3.63, 3.8) is 0 Å². The van der Waals surface area contributed by atoms with Crippen molar-refractivity contribution in [3.05, 3.63) is 57.8 Å². The molecule has 1 aliphatic heterocycles. The maximum absolute atomic E-state index is 13.2. The molecule has 1 aromatic heterocycles. The van der Waals surface area contributed by atoms with Gasteiger partial charge >= 0.3 is 6.03 Å². The Hall–Kier alpha value is -2.67. The number of hydrogen-bond donors (Lipinski definition) is 2. The Morgan fingerprint density at radius 1 is 1.28 bits per heavy atom. The van der Waals surface area contributed by atoms with Crippen LogP contribution < -0.4 is 10.6 Å². The topological polar surface area (TPSA) is 78.5 Å². The van der Waals surface area contributed by atoms with Crippen LogP contribution in [0.15, 0.2) is 41.8 Å². The van der Waals surface area contributed by atoms with Gasteiger partial charge in [-0.15, -0.1) is 11.3 Å². The number of aryl methyl sites for hydroxylation is 1. The molecule has 0 bridgehead atoms. The van der Waals surface area contributed by atoms with E-state index >= 15 is 0 Å². The molecule has 1 saturated heterocycles. The van der Waals surface area contributed by atoms with E-state index in [0.29, 0.717) is 6.42 Å². The van der Waals surface area contributed by atoms with Crippen LogP contribution in [0.25, 0.3) is 0 Å². The Morgan fingerprint density at radius 3 is 2.83 bits per heavy atom. The molecular weight excluding hydrogens is 386 g/mol. The molecule has 2 atom stereocenters. The van der Waals surface area contributed by atoms with Crippen molar-refractivity contribution >= 4 is 29.2 Å². The summed E-state index contributed by atoms with van der Waals surface area (Å²) in [5.41, 5.74) is 0.905.